The second-order valence-electron chi connectivity index (χ2n) is 5.02. The van der Waals surface area contributed by atoms with Crippen LogP contribution in [0.3, 0.4) is 0 Å². The number of carbonyl (C=O) groups excluding carboxylic acids is 1. The molecule has 2 fully saturated rings. The summed E-state index contributed by atoms with van der Waals surface area (Å²) in [5.41, 5.74) is 0.379. The average Bonchev–Trinajstić information content (AvgIpc) is 2.92. The molecule has 2 saturated heterocycles. The van der Waals surface area contributed by atoms with Crippen LogP contribution in [0.1, 0.15) is 10.4 Å². The van der Waals surface area contributed by atoms with Crippen LogP contribution in [-0.4, -0.2) is 37.0 Å². The van der Waals surface area contributed by atoms with E-state index >= 15 is 0 Å². The van der Waals surface area contributed by atoms with E-state index in [9.17, 15) is 9.18 Å². The normalized spacial score (nSPS) is 26.4. The van der Waals surface area contributed by atoms with Crippen molar-refractivity contribution < 1.29 is 9.18 Å². The number of likely N-dealkylation sites (tertiary alicyclic amines) is 1. The molecule has 0 saturated carbocycles. The van der Waals surface area contributed by atoms with Gasteiger partial charge in [0.1, 0.15) is 5.82 Å². The fourth-order valence-corrected chi connectivity index (χ4v) is 2.95. The van der Waals surface area contributed by atoms with Crippen LogP contribution in [0, 0.1) is 17.7 Å². The number of halogens is 2. The van der Waals surface area contributed by atoms with Crippen LogP contribution in [0.4, 0.5) is 4.39 Å². The lowest BCUT2D eigenvalue weighted by atomic mass is 10.0. The molecule has 2 aliphatic heterocycles. The highest BCUT2D eigenvalue weighted by Gasteiger charge is 2.38. The molecule has 0 bridgehead atoms. The molecule has 3 nitrogen and oxygen atoms in total. The lowest BCUT2D eigenvalue weighted by molar-refractivity contribution is 0.0781. The van der Waals surface area contributed by atoms with E-state index in [1.54, 1.807) is 6.07 Å². The van der Waals surface area contributed by atoms with Crippen molar-refractivity contribution in [3.8, 4) is 0 Å². The zero-order valence-corrected chi connectivity index (χ0v) is 10.6. The Balaban J connectivity index is 1.77. The molecule has 96 valence electrons. The summed E-state index contributed by atoms with van der Waals surface area (Å²) >= 11 is 5.61. The van der Waals surface area contributed by atoms with E-state index in [-0.39, 0.29) is 10.9 Å². The van der Waals surface area contributed by atoms with Gasteiger partial charge in [-0.25, -0.2) is 4.39 Å². The molecule has 1 aromatic rings. The monoisotopic (exact) mass is 268 g/mol. The predicted octanol–water partition coefficient (Wildman–Crippen LogP) is 1.77. The van der Waals surface area contributed by atoms with Crippen molar-refractivity contribution in [2.75, 3.05) is 26.2 Å². The van der Waals surface area contributed by atoms with Crippen LogP contribution in [0.15, 0.2) is 18.2 Å². The molecule has 3 rings (SSSR count). The van der Waals surface area contributed by atoms with E-state index in [2.05, 4.69) is 5.32 Å². The van der Waals surface area contributed by atoms with E-state index in [1.165, 1.54) is 12.1 Å². The van der Waals surface area contributed by atoms with Gasteiger partial charge in [-0.1, -0.05) is 11.6 Å². The fourth-order valence-electron chi connectivity index (χ4n) is 2.83. The molecule has 2 aliphatic rings. The predicted molar refractivity (Wildman–Crippen MR) is 67.2 cm³/mol. The molecule has 2 atom stereocenters. The zero-order chi connectivity index (χ0) is 12.7. The third-order valence-electron chi connectivity index (χ3n) is 3.84. The fraction of sp³-hybridized carbons (Fsp3) is 0.462. The van der Waals surface area contributed by atoms with Crippen LogP contribution in [0.2, 0.25) is 5.02 Å². The summed E-state index contributed by atoms with van der Waals surface area (Å²) in [6, 6.07) is 4.24. The lowest BCUT2D eigenvalue weighted by Gasteiger charge is -2.17. The Labute approximate surface area is 110 Å². The number of fused-ring (bicyclic) bond motifs is 1. The first-order chi connectivity index (χ1) is 8.65. The van der Waals surface area contributed by atoms with Crippen molar-refractivity contribution in [1.29, 1.82) is 0 Å². The number of benzene rings is 1. The Hall–Kier alpha value is -1.13. The van der Waals surface area contributed by atoms with Crippen LogP contribution in [-0.2, 0) is 0 Å². The van der Waals surface area contributed by atoms with Crippen LogP contribution < -0.4 is 5.32 Å². The number of hydrogen-bond acceptors (Lipinski definition) is 2. The van der Waals surface area contributed by atoms with Crippen molar-refractivity contribution in [3.05, 3.63) is 34.6 Å². The van der Waals surface area contributed by atoms with Gasteiger partial charge in [-0.2, -0.15) is 0 Å². The lowest BCUT2D eigenvalue weighted by Crippen LogP contribution is -2.31. The Kier molecular flexibility index (Phi) is 2.99. The molecule has 1 N–H and O–H groups in total. The second kappa shape index (κ2) is 4.52. The second-order valence-corrected chi connectivity index (χ2v) is 5.42. The van der Waals surface area contributed by atoms with Gasteiger partial charge in [0.25, 0.3) is 5.91 Å². The molecule has 0 aromatic heterocycles. The summed E-state index contributed by atoms with van der Waals surface area (Å²) in [6.45, 7) is 3.48. The van der Waals surface area contributed by atoms with E-state index in [1.807, 2.05) is 4.90 Å². The van der Waals surface area contributed by atoms with Crippen LogP contribution in [0.25, 0.3) is 0 Å². The molecule has 18 heavy (non-hydrogen) atoms. The third kappa shape index (κ3) is 1.99. The van der Waals surface area contributed by atoms with Crippen LogP contribution >= 0.6 is 11.6 Å². The van der Waals surface area contributed by atoms with E-state index in [4.69, 9.17) is 11.6 Å². The van der Waals surface area contributed by atoms with Gasteiger partial charge < -0.3 is 10.2 Å². The number of nitrogens with one attached hydrogen (secondary N) is 1. The van der Waals surface area contributed by atoms with Gasteiger partial charge in [0.05, 0.1) is 5.02 Å². The van der Waals surface area contributed by atoms with Gasteiger partial charge in [-0.3, -0.25) is 4.79 Å². The van der Waals surface area contributed by atoms with E-state index in [0.29, 0.717) is 17.4 Å². The number of carbonyl (C=O) groups is 1. The largest absolute Gasteiger partial charge is 0.338 e. The summed E-state index contributed by atoms with van der Waals surface area (Å²) in [5.74, 6) is 0.459. The minimum absolute atomic E-state index is 0.0500. The zero-order valence-electron chi connectivity index (χ0n) is 9.83. The Morgan fingerprint density at radius 3 is 2.61 bits per heavy atom. The average molecular weight is 269 g/mol. The van der Waals surface area contributed by atoms with Gasteiger partial charge in [0.15, 0.2) is 0 Å². The van der Waals surface area contributed by atoms with Gasteiger partial charge in [0.2, 0.25) is 0 Å². The van der Waals surface area contributed by atoms with E-state index < -0.39 is 5.82 Å². The first-order valence-corrected chi connectivity index (χ1v) is 6.48. The summed E-state index contributed by atoms with van der Waals surface area (Å²) in [4.78, 5) is 14.1. The van der Waals surface area contributed by atoms with Gasteiger partial charge in [-0.15, -0.1) is 0 Å². The molecule has 0 spiro atoms. The van der Waals surface area contributed by atoms with Crippen molar-refractivity contribution in [3.63, 3.8) is 0 Å². The molecule has 2 heterocycles. The highest BCUT2D eigenvalue weighted by molar-refractivity contribution is 6.30. The minimum atomic E-state index is -0.538. The molecule has 1 amide bonds. The topological polar surface area (TPSA) is 32.3 Å². The molecule has 0 radical (unpaired) electrons. The Morgan fingerprint density at radius 1 is 1.33 bits per heavy atom. The van der Waals surface area contributed by atoms with E-state index in [0.717, 1.165) is 26.2 Å². The molecular formula is C13H14ClFN2O. The third-order valence-corrected chi connectivity index (χ3v) is 4.15. The van der Waals surface area contributed by atoms with Gasteiger partial charge in [-0.05, 0) is 30.0 Å². The van der Waals surface area contributed by atoms with Crippen molar-refractivity contribution in [2.24, 2.45) is 11.8 Å². The summed E-state index contributed by atoms with van der Waals surface area (Å²) < 4.78 is 13.3. The molecular weight excluding hydrogens is 255 g/mol. The summed E-state index contributed by atoms with van der Waals surface area (Å²) in [5, 5.41) is 3.37. The Bertz CT molecular complexity index is 482. The Morgan fingerprint density at radius 2 is 2.00 bits per heavy atom. The summed E-state index contributed by atoms with van der Waals surface area (Å²) in [6.07, 6.45) is 0. The number of rotatable bonds is 1. The molecule has 1 aromatic carbocycles. The quantitative estimate of drug-likeness (QED) is 0.842. The van der Waals surface area contributed by atoms with Crippen molar-refractivity contribution in [2.45, 2.75) is 0 Å². The first kappa shape index (κ1) is 11.9. The SMILES string of the molecule is O=C(c1ccc(Cl)c(F)c1)N1C[C@H]2CNC[C@H]2C1. The highest BCUT2D eigenvalue weighted by atomic mass is 35.5. The number of amides is 1. The number of nitrogens with zero attached hydrogens (tertiary/aromatic N) is 1. The minimum Gasteiger partial charge on any atom is -0.338 e. The molecule has 0 aliphatic carbocycles. The molecule has 0 unspecified atom stereocenters. The first-order valence-electron chi connectivity index (χ1n) is 6.10. The van der Waals surface area contributed by atoms with Crippen molar-refractivity contribution >= 4 is 17.5 Å². The highest BCUT2D eigenvalue weighted by Crippen LogP contribution is 2.27. The van der Waals surface area contributed by atoms with Crippen LogP contribution in [0.5, 0.6) is 0 Å². The maximum Gasteiger partial charge on any atom is 0.253 e. The summed E-state index contributed by atoms with van der Waals surface area (Å²) in [7, 11) is 0. The number of hydrogen-bond donors (Lipinski definition) is 1. The van der Waals surface area contributed by atoms with Crippen molar-refractivity contribution in [1.82, 2.24) is 10.2 Å². The maximum atomic E-state index is 13.3. The van der Waals surface area contributed by atoms with Gasteiger partial charge >= 0.3 is 0 Å². The smallest absolute Gasteiger partial charge is 0.253 e. The maximum absolute atomic E-state index is 13.3. The molecule has 5 heteroatoms. The van der Waals surface area contributed by atoms with Gasteiger partial charge in [0, 0.05) is 31.7 Å². The standard InChI is InChI=1S/C13H14ClFN2O/c14-11-2-1-8(3-12(11)15)13(18)17-6-9-4-16-5-10(9)7-17/h1-3,9-10,16H,4-7H2/t9-,10+.